The number of benzene rings is 1. The molecule has 0 fully saturated rings. The van der Waals surface area contributed by atoms with Crippen molar-refractivity contribution in [1.82, 2.24) is 15.1 Å². The van der Waals surface area contributed by atoms with Crippen molar-refractivity contribution in [2.24, 2.45) is 0 Å². The van der Waals surface area contributed by atoms with Crippen LogP contribution in [0.3, 0.4) is 0 Å². The number of aromatic nitrogens is 2. The molecule has 1 aromatic carbocycles. The third-order valence-electron chi connectivity index (χ3n) is 3.12. The SMILES string of the molecule is Cc1c(CNCc2ccccc2)cnn1C(C)C. The highest BCUT2D eigenvalue weighted by Gasteiger charge is 2.07. The number of hydrogen-bond donors (Lipinski definition) is 1. The van der Waals surface area contributed by atoms with Gasteiger partial charge in [-0.3, -0.25) is 4.68 Å². The summed E-state index contributed by atoms with van der Waals surface area (Å²) in [6.07, 6.45) is 1.97. The van der Waals surface area contributed by atoms with E-state index in [4.69, 9.17) is 0 Å². The van der Waals surface area contributed by atoms with E-state index in [0.717, 1.165) is 13.1 Å². The molecule has 0 unspecified atom stereocenters. The Bertz CT molecular complexity index is 486. The fraction of sp³-hybridized carbons (Fsp3) is 0.400. The van der Waals surface area contributed by atoms with E-state index in [2.05, 4.69) is 60.1 Å². The monoisotopic (exact) mass is 243 g/mol. The van der Waals surface area contributed by atoms with Gasteiger partial charge in [0, 0.05) is 30.4 Å². The minimum atomic E-state index is 0.424. The van der Waals surface area contributed by atoms with Crippen molar-refractivity contribution in [3.63, 3.8) is 0 Å². The summed E-state index contributed by atoms with van der Waals surface area (Å²) in [7, 11) is 0. The van der Waals surface area contributed by atoms with Gasteiger partial charge in [-0.25, -0.2) is 0 Å². The van der Waals surface area contributed by atoms with Gasteiger partial charge in [-0.05, 0) is 26.3 Å². The maximum absolute atomic E-state index is 4.42. The molecule has 0 atom stereocenters. The fourth-order valence-corrected chi connectivity index (χ4v) is 2.09. The largest absolute Gasteiger partial charge is 0.308 e. The van der Waals surface area contributed by atoms with Gasteiger partial charge in [0.15, 0.2) is 0 Å². The Labute approximate surface area is 109 Å². The molecule has 0 amide bonds. The molecule has 0 saturated carbocycles. The van der Waals surface area contributed by atoms with Crippen LogP contribution in [0.25, 0.3) is 0 Å². The molecular formula is C15H21N3. The van der Waals surface area contributed by atoms with Crippen molar-refractivity contribution in [1.29, 1.82) is 0 Å². The minimum Gasteiger partial charge on any atom is -0.308 e. The predicted octanol–water partition coefficient (Wildman–Crippen LogP) is 3.06. The lowest BCUT2D eigenvalue weighted by Crippen LogP contribution is -2.13. The first-order chi connectivity index (χ1) is 8.68. The lowest BCUT2D eigenvalue weighted by Gasteiger charge is -2.09. The van der Waals surface area contributed by atoms with Gasteiger partial charge < -0.3 is 5.32 Å². The highest BCUT2D eigenvalue weighted by atomic mass is 15.3. The Balaban J connectivity index is 1.91. The van der Waals surface area contributed by atoms with E-state index < -0.39 is 0 Å². The van der Waals surface area contributed by atoms with Crippen LogP contribution in [-0.2, 0) is 13.1 Å². The summed E-state index contributed by atoms with van der Waals surface area (Å²) in [4.78, 5) is 0. The van der Waals surface area contributed by atoms with E-state index >= 15 is 0 Å². The first-order valence-corrected chi connectivity index (χ1v) is 6.46. The van der Waals surface area contributed by atoms with E-state index in [9.17, 15) is 0 Å². The van der Waals surface area contributed by atoms with Crippen LogP contribution >= 0.6 is 0 Å². The molecule has 0 radical (unpaired) electrons. The molecule has 1 heterocycles. The van der Waals surface area contributed by atoms with Crippen molar-refractivity contribution in [3.8, 4) is 0 Å². The molecule has 96 valence electrons. The average molecular weight is 243 g/mol. The third-order valence-corrected chi connectivity index (χ3v) is 3.12. The van der Waals surface area contributed by atoms with Gasteiger partial charge in [-0.15, -0.1) is 0 Å². The molecular weight excluding hydrogens is 222 g/mol. The molecule has 2 rings (SSSR count). The summed E-state index contributed by atoms with van der Waals surface area (Å²) in [5, 5.41) is 7.88. The van der Waals surface area contributed by atoms with E-state index in [-0.39, 0.29) is 0 Å². The van der Waals surface area contributed by atoms with Crippen molar-refractivity contribution >= 4 is 0 Å². The molecule has 0 aliphatic heterocycles. The maximum atomic E-state index is 4.42. The summed E-state index contributed by atoms with van der Waals surface area (Å²) in [5.41, 5.74) is 3.84. The lowest BCUT2D eigenvalue weighted by atomic mass is 10.2. The van der Waals surface area contributed by atoms with Gasteiger partial charge in [0.25, 0.3) is 0 Å². The maximum Gasteiger partial charge on any atom is 0.0537 e. The molecule has 0 spiro atoms. The first kappa shape index (κ1) is 12.8. The molecule has 0 aliphatic rings. The zero-order valence-corrected chi connectivity index (χ0v) is 11.4. The molecule has 3 nitrogen and oxygen atoms in total. The third kappa shape index (κ3) is 2.99. The van der Waals surface area contributed by atoms with Crippen molar-refractivity contribution < 1.29 is 0 Å². The number of nitrogens with one attached hydrogen (secondary N) is 1. The van der Waals surface area contributed by atoms with Gasteiger partial charge in [0.2, 0.25) is 0 Å². The van der Waals surface area contributed by atoms with Crippen molar-refractivity contribution in [2.45, 2.75) is 39.9 Å². The van der Waals surface area contributed by atoms with Crippen molar-refractivity contribution in [2.75, 3.05) is 0 Å². The van der Waals surface area contributed by atoms with Crippen molar-refractivity contribution in [3.05, 3.63) is 53.3 Å². The van der Waals surface area contributed by atoms with Gasteiger partial charge in [-0.1, -0.05) is 30.3 Å². The molecule has 0 saturated heterocycles. The topological polar surface area (TPSA) is 29.9 Å². The molecule has 3 heteroatoms. The molecule has 18 heavy (non-hydrogen) atoms. The second-order valence-corrected chi connectivity index (χ2v) is 4.88. The highest BCUT2D eigenvalue weighted by Crippen LogP contribution is 2.12. The second kappa shape index (κ2) is 5.83. The Morgan fingerprint density at radius 1 is 1.17 bits per heavy atom. The highest BCUT2D eigenvalue weighted by molar-refractivity contribution is 5.17. The van der Waals surface area contributed by atoms with Gasteiger partial charge >= 0.3 is 0 Å². The van der Waals surface area contributed by atoms with E-state index in [1.807, 2.05) is 12.3 Å². The Morgan fingerprint density at radius 3 is 2.50 bits per heavy atom. The summed E-state index contributed by atoms with van der Waals surface area (Å²) in [6.45, 7) is 8.20. The zero-order chi connectivity index (χ0) is 13.0. The first-order valence-electron chi connectivity index (χ1n) is 6.46. The van der Waals surface area contributed by atoms with Crippen LogP contribution in [-0.4, -0.2) is 9.78 Å². The fourth-order valence-electron chi connectivity index (χ4n) is 2.09. The van der Waals surface area contributed by atoms with Gasteiger partial charge in [0.05, 0.1) is 6.20 Å². The number of nitrogens with zero attached hydrogens (tertiary/aromatic N) is 2. The van der Waals surface area contributed by atoms with Gasteiger partial charge in [-0.2, -0.15) is 5.10 Å². The molecule has 2 aromatic rings. The van der Waals surface area contributed by atoms with E-state index in [1.165, 1.54) is 16.8 Å². The molecule has 0 bridgehead atoms. The summed E-state index contributed by atoms with van der Waals surface area (Å²) >= 11 is 0. The van der Waals surface area contributed by atoms with E-state index in [0.29, 0.717) is 6.04 Å². The smallest absolute Gasteiger partial charge is 0.0537 e. The van der Waals surface area contributed by atoms with Crippen LogP contribution < -0.4 is 5.32 Å². The van der Waals surface area contributed by atoms with Crippen LogP contribution in [0.4, 0.5) is 0 Å². The molecule has 1 aromatic heterocycles. The average Bonchev–Trinajstić information content (AvgIpc) is 2.73. The van der Waals surface area contributed by atoms with Crippen LogP contribution in [0.1, 0.15) is 36.7 Å². The summed E-state index contributed by atoms with van der Waals surface area (Å²) < 4.78 is 2.07. The zero-order valence-electron chi connectivity index (χ0n) is 11.4. The predicted molar refractivity (Wildman–Crippen MR) is 74.3 cm³/mol. The molecule has 1 N–H and O–H groups in total. The normalized spacial score (nSPS) is 11.1. The van der Waals surface area contributed by atoms with Crippen LogP contribution in [0.5, 0.6) is 0 Å². The van der Waals surface area contributed by atoms with Crippen LogP contribution in [0.2, 0.25) is 0 Å². The van der Waals surface area contributed by atoms with Gasteiger partial charge in [0.1, 0.15) is 0 Å². The summed E-state index contributed by atoms with van der Waals surface area (Å²) in [5.74, 6) is 0. The lowest BCUT2D eigenvalue weighted by molar-refractivity contribution is 0.517. The van der Waals surface area contributed by atoms with Crippen LogP contribution in [0.15, 0.2) is 36.5 Å². The number of hydrogen-bond acceptors (Lipinski definition) is 2. The second-order valence-electron chi connectivity index (χ2n) is 4.88. The Hall–Kier alpha value is -1.61. The summed E-state index contributed by atoms with van der Waals surface area (Å²) in [6, 6.07) is 10.9. The van der Waals surface area contributed by atoms with E-state index in [1.54, 1.807) is 0 Å². The minimum absolute atomic E-state index is 0.424. The Morgan fingerprint density at radius 2 is 1.89 bits per heavy atom. The quantitative estimate of drug-likeness (QED) is 0.874. The van der Waals surface area contributed by atoms with Crippen LogP contribution in [0, 0.1) is 6.92 Å². The molecule has 0 aliphatic carbocycles. The Kier molecular flexibility index (Phi) is 4.15. The standard InChI is InChI=1S/C15H21N3/c1-12(2)18-13(3)15(11-17-18)10-16-9-14-7-5-4-6-8-14/h4-8,11-12,16H,9-10H2,1-3H3. The number of rotatable bonds is 5.